The summed E-state index contributed by atoms with van der Waals surface area (Å²) in [6, 6.07) is 4.30. The van der Waals surface area contributed by atoms with Gasteiger partial charge in [0.1, 0.15) is 4.90 Å². The van der Waals surface area contributed by atoms with Gasteiger partial charge in [0.05, 0.1) is 11.6 Å². The minimum absolute atomic E-state index is 0.0101. The lowest BCUT2D eigenvalue weighted by Crippen LogP contribution is -2.37. The first-order valence-corrected chi connectivity index (χ1v) is 8.09. The van der Waals surface area contributed by atoms with E-state index in [-0.39, 0.29) is 28.5 Å². The summed E-state index contributed by atoms with van der Waals surface area (Å²) in [5, 5.41) is 9.22. The molecule has 2 unspecified atom stereocenters. The van der Waals surface area contributed by atoms with Gasteiger partial charge in [-0.2, -0.15) is 0 Å². The van der Waals surface area contributed by atoms with Crippen molar-refractivity contribution in [3.05, 3.63) is 28.8 Å². The predicted molar refractivity (Wildman–Crippen MR) is 76.6 cm³/mol. The first-order chi connectivity index (χ1) is 8.81. The van der Waals surface area contributed by atoms with Crippen molar-refractivity contribution in [2.75, 3.05) is 0 Å². The van der Waals surface area contributed by atoms with Crippen molar-refractivity contribution in [1.82, 2.24) is 4.72 Å². The number of aliphatic hydroxyl groups is 1. The summed E-state index contributed by atoms with van der Waals surface area (Å²) in [7, 11) is -3.67. The lowest BCUT2D eigenvalue weighted by molar-refractivity contribution is 0.281. The number of aliphatic hydroxyl groups excluding tert-OH is 1. The molecular weight excluding hydrogens is 286 g/mol. The standard InChI is InChI=1S/C13H20ClNO3S/c1-4-9(2)10(3)15-19(17,18)13-7-11(8-16)5-6-12(13)14/h5-7,9-10,15-16H,4,8H2,1-3H3. The van der Waals surface area contributed by atoms with Crippen LogP contribution in [0.5, 0.6) is 0 Å². The molecule has 108 valence electrons. The van der Waals surface area contributed by atoms with Gasteiger partial charge in [-0.3, -0.25) is 0 Å². The van der Waals surface area contributed by atoms with E-state index in [1.165, 1.54) is 12.1 Å². The summed E-state index contributed by atoms with van der Waals surface area (Å²) < 4.78 is 27.2. The van der Waals surface area contributed by atoms with Crippen LogP contribution < -0.4 is 4.72 Å². The van der Waals surface area contributed by atoms with E-state index in [9.17, 15) is 8.42 Å². The quantitative estimate of drug-likeness (QED) is 0.849. The van der Waals surface area contributed by atoms with Crippen LogP contribution in [0.2, 0.25) is 5.02 Å². The Balaban J connectivity index is 3.06. The van der Waals surface area contributed by atoms with Gasteiger partial charge in [-0.05, 0) is 30.5 Å². The molecule has 0 saturated carbocycles. The van der Waals surface area contributed by atoms with Gasteiger partial charge in [0.2, 0.25) is 10.0 Å². The minimum atomic E-state index is -3.67. The molecule has 2 N–H and O–H groups in total. The number of nitrogens with one attached hydrogen (secondary N) is 1. The van der Waals surface area contributed by atoms with E-state index in [0.717, 1.165) is 6.42 Å². The fourth-order valence-corrected chi connectivity index (χ4v) is 3.53. The molecule has 0 heterocycles. The van der Waals surface area contributed by atoms with E-state index in [2.05, 4.69) is 4.72 Å². The maximum atomic E-state index is 12.3. The summed E-state index contributed by atoms with van der Waals surface area (Å²) in [4.78, 5) is 0.0101. The summed E-state index contributed by atoms with van der Waals surface area (Å²) in [5.41, 5.74) is 0.515. The number of sulfonamides is 1. The highest BCUT2D eigenvalue weighted by Gasteiger charge is 2.22. The van der Waals surface area contributed by atoms with E-state index in [1.807, 2.05) is 20.8 Å². The topological polar surface area (TPSA) is 66.4 Å². The van der Waals surface area contributed by atoms with Crippen LogP contribution in [0, 0.1) is 5.92 Å². The molecule has 19 heavy (non-hydrogen) atoms. The van der Waals surface area contributed by atoms with Gasteiger partial charge >= 0.3 is 0 Å². The minimum Gasteiger partial charge on any atom is -0.392 e. The Kier molecular flexibility index (Phi) is 5.80. The number of hydrogen-bond donors (Lipinski definition) is 2. The van der Waals surface area contributed by atoms with Crippen molar-refractivity contribution in [2.45, 2.75) is 44.7 Å². The summed E-state index contributed by atoms with van der Waals surface area (Å²) in [6.45, 7) is 5.60. The molecule has 0 radical (unpaired) electrons. The summed E-state index contributed by atoms with van der Waals surface area (Å²) >= 11 is 5.93. The van der Waals surface area contributed by atoms with E-state index in [4.69, 9.17) is 16.7 Å². The zero-order valence-electron chi connectivity index (χ0n) is 11.4. The van der Waals surface area contributed by atoms with Gasteiger partial charge in [-0.1, -0.05) is 37.9 Å². The Morgan fingerprint density at radius 2 is 2.00 bits per heavy atom. The van der Waals surface area contributed by atoms with Crippen molar-refractivity contribution < 1.29 is 13.5 Å². The summed E-state index contributed by atoms with van der Waals surface area (Å²) in [5.74, 6) is 0.231. The smallest absolute Gasteiger partial charge is 0.242 e. The Bertz CT molecular complexity index is 531. The molecule has 6 heteroatoms. The second kappa shape index (κ2) is 6.70. The summed E-state index contributed by atoms with van der Waals surface area (Å²) in [6.07, 6.45) is 0.883. The SMILES string of the molecule is CCC(C)C(C)NS(=O)(=O)c1cc(CO)ccc1Cl. The molecule has 2 atom stereocenters. The van der Waals surface area contributed by atoms with Crippen LogP contribution >= 0.6 is 11.6 Å². The lowest BCUT2D eigenvalue weighted by Gasteiger charge is -2.20. The average molecular weight is 306 g/mol. The first kappa shape index (κ1) is 16.4. The van der Waals surface area contributed by atoms with Crippen molar-refractivity contribution in [1.29, 1.82) is 0 Å². The Labute approximate surface area is 119 Å². The van der Waals surface area contributed by atoms with E-state index in [0.29, 0.717) is 5.56 Å². The second-order valence-corrected chi connectivity index (χ2v) is 6.81. The van der Waals surface area contributed by atoms with Crippen LogP contribution in [0.1, 0.15) is 32.8 Å². The zero-order valence-corrected chi connectivity index (χ0v) is 12.9. The van der Waals surface area contributed by atoms with Crippen LogP contribution in [0.4, 0.5) is 0 Å². The molecule has 1 aromatic rings. The molecular formula is C13H20ClNO3S. The molecule has 0 saturated heterocycles. The molecule has 1 rings (SSSR count). The van der Waals surface area contributed by atoms with Gasteiger partial charge in [-0.15, -0.1) is 0 Å². The molecule has 0 fully saturated rings. The van der Waals surface area contributed by atoms with Crippen LogP contribution in [0.15, 0.2) is 23.1 Å². The number of benzene rings is 1. The Hall–Kier alpha value is -0.620. The molecule has 0 amide bonds. The maximum Gasteiger partial charge on any atom is 0.242 e. The normalized spacial score (nSPS) is 15.2. The molecule has 0 aromatic heterocycles. The zero-order chi connectivity index (χ0) is 14.6. The molecule has 0 aliphatic carbocycles. The fraction of sp³-hybridized carbons (Fsp3) is 0.538. The van der Waals surface area contributed by atoms with Crippen LogP contribution in [-0.2, 0) is 16.6 Å². The second-order valence-electron chi connectivity index (χ2n) is 4.72. The highest BCUT2D eigenvalue weighted by molar-refractivity contribution is 7.89. The molecule has 0 aliphatic heterocycles. The average Bonchev–Trinajstić information content (AvgIpc) is 2.37. The van der Waals surface area contributed by atoms with Gasteiger partial charge in [0.15, 0.2) is 0 Å². The monoisotopic (exact) mass is 305 g/mol. The maximum absolute atomic E-state index is 12.3. The number of hydrogen-bond acceptors (Lipinski definition) is 3. The molecule has 0 bridgehead atoms. The van der Waals surface area contributed by atoms with Crippen molar-refractivity contribution in [2.24, 2.45) is 5.92 Å². The van der Waals surface area contributed by atoms with E-state index in [1.54, 1.807) is 6.07 Å². The fourth-order valence-electron chi connectivity index (χ4n) is 1.63. The highest BCUT2D eigenvalue weighted by atomic mass is 35.5. The third kappa shape index (κ3) is 4.18. The molecule has 0 aliphatic rings. The largest absolute Gasteiger partial charge is 0.392 e. The van der Waals surface area contributed by atoms with Crippen LogP contribution in [0.25, 0.3) is 0 Å². The van der Waals surface area contributed by atoms with Crippen molar-refractivity contribution >= 4 is 21.6 Å². The van der Waals surface area contributed by atoms with Gasteiger partial charge in [0, 0.05) is 6.04 Å². The van der Waals surface area contributed by atoms with Crippen LogP contribution in [-0.4, -0.2) is 19.6 Å². The Morgan fingerprint density at radius 3 is 2.53 bits per heavy atom. The van der Waals surface area contributed by atoms with Crippen molar-refractivity contribution in [3.63, 3.8) is 0 Å². The highest BCUT2D eigenvalue weighted by Crippen LogP contribution is 2.23. The third-order valence-electron chi connectivity index (χ3n) is 3.31. The van der Waals surface area contributed by atoms with E-state index >= 15 is 0 Å². The first-order valence-electron chi connectivity index (χ1n) is 6.23. The molecule has 0 spiro atoms. The van der Waals surface area contributed by atoms with Gasteiger partial charge in [-0.25, -0.2) is 13.1 Å². The Morgan fingerprint density at radius 1 is 1.37 bits per heavy atom. The van der Waals surface area contributed by atoms with Gasteiger partial charge < -0.3 is 5.11 Å². The number of halogens is 1. The third-order valence-corrected chi connectivity index (χ3v) is 5.35. The van der Waals surface area contributed by atoms with Crippen LogP contribution in [0.3, 0.4) is 0 Å². The van der Waals surface area contributed by atoms with Gasteiger partial charge in [0.25, 0.3) is 0 Å². The predicted octanol–water partition coefficient (Wildman–Crippen LogP) is 2.55. The lowest BCUT2D eigenvalue weighted by atomic mass is 10.0. The van der Waals surface area contributed by atoms with Crippen molar-refractivity contribution in [3.8, 4) is 0 Å². The number of rotatable bonds is 6. The molecule has 4 nitrogen and oxygen atoms in total. The molecule has 1 aromatic carbocycles. The van der Waals surface area contributed by atoms with E-state index < -0.39 is 10.0 Å².